The number of hydrogen-bond donors (Lipinski definition) is 3. The van der Waals surface area contributed by atoms with Crippen LogP contribution >= 0.6 is 27.6 Å². The summed E-state index contributed by atoms with van der Waals surface area (Å²) in [6.45, 7) is 0. The van der Waals surface area contributed by atoms with Crippen LogP contribution in [0.15, 0.2) is 0 Å². The van der Waals surface area contributed by atoms with Crippen LogP contribution in [0, 0.1) is 0 Å². The number of rotatable bonds is 0. The molecule has 0 fully saturated rings. The van der Waals surface area contributed by atoms with E-state index in [0.29, 0.717) is 0 Å². The molecule has 0 aliphatic heterocycles. The van der Waals surface area contributed by atoms with Crippen molar-refractivity contribution in [2.24, 2.45) is 0 Å². The van der Waals surface area contributed by atoms with Crippen LogP contribution in [0.3, 0.4) is 0 Å². The molecule has 0 rings (SSSR count). The van der Waals surface area contributed by atoms with Crippen LogP contribution in [-0.2, 0) is 0 Å². The van der Waals surface area contributed by atoms with Crippen LogP contribution in [0.5, 0.6) is 0 Å². The molecular weight excluding hydrogens is 206 g/mol. The molecule has 0 aromatic rings. The maximum absolute atomic E-state index is 7.73. The highest BCUT2D eigenvalue weighted by molar-refractivity contribution is 14.2. The van der Waals surface area contributed by atoms with E-state index in [9.17, 15) is 0 Å². The lowest BCUT2D eigenvalue weighted by molar-refractivity contribution is 0.363. The number of halogens is 1. The lowest BCUT2D eigenvalue weighted by atomic mass is 15.8. The van der Waals surface area contributed by atoms with Gasteiger partial charge in [-0.05, 0) is 0 Å². The fourth-order valence-corrected chi connectivity index (χ4v) is 0. The van der Waals surface area contributed by atoms with Crippen LogP contribution in [0.4, 0.5) is 0 Å². The Bertz CT molecular complexity index is 22.4. The monoisotopic (exact) mass is 209 g/mol. The molecule has 0 aromatic carbocycles. The zero-order valence-electron chi connectivity index (χ0n) is 2.17. The van der Waals surface area contributed by atoms with Gasteiger partial charge in [-0.25, -0.2) is 0 Å². The van der Waals surface area contributed by atoms with Gasteiger partial charge in [0.25, 0.3) is 22.0 Å². The first kappa shape index (κ1) is 6.04. The van der Waals surface area contributed by atoms with Crippen LogP contribution in [0.25, 0.3) is 0 Å². The van der Waals surface area contributed by atoms with Gasteiger partial charge in [0.1, 0.15) is 0 Å². The summed E-state index contributed by atoms with van der Waals surface area (Å²) in [6.07, 6.45) is 0. The molecule has 0 aliphatic carbocycles. The van der Waals surface area contributed by atoms with E-state index in [0.717, 1.165) is 22.0 Å². The second-order valence-corrected chi connectivity index (χ2v) is 5.37. The van der Waals surface area contributed by atoms with Gasteiger partial charge in [-0.1, -0.05) is 0 Å². The van der Waals surface area contributed by atoms with Crippen molar-refractivity contribution in [1.29, 1.82) is 0 Å². The molecule has 0 bridgehead atoms. The van der Waals surface area contributed by atoms with Gasteiger partial charge >= 0.3 is 5.59 Å². The van der Waals surface area contributed by atoms with E-state index in [1.807, 2.05) is 0 Å². The summed E-state index contributed by atoms with van der Waals surface area (Å²) in [5, 5.41) is 0. The van der Waals surface area contributed by atoms with Crippen molar-refractivity contribution >= 4 is 27.6 Å². The summed E-state index contributed by atoms with van der Waals surface area (Å²) >= 11 is 1.16. The molecule has 5 heavy (non-hydrogen) atoms. The van der Waals surface area contributed by atoms with Crippen LogP contribution in [-0.4, -0.2) is 14.7 Å². The first-order valence-corrected chi connectivity index (χ1v) is 5.20. The maximum atomic E-state index is 7.73. The largest absolute Gasteiger partial charge is 0.468 e. The molecule has 0 heterocycles. The molecule has 0 radical (unpaired) electrons. The fraction of sp³-hybridized carbons (Fsp3) is 0. The Labute approximate surface area is 42.7 Å². The third kappa shape index (κ3) is 43.1. The number of hydrogen-bond acceptors (Lipinski definition) is 3. The van der Waals surface area contributed by atoms with E-state index in [1.165, 1.54) is 0 Å². The van der Waals surface area contributed by atoms with E-state index >= 15 is 0 Å². The first-order valence-electron chi connectivity index (χ1n) is 0.769. The van der Waals surface area contributed by atoms with Gasteiger partial charge in [-0.3, -0.25) is 0 Å². The molecule has 0 amide bonds. The van der Waals surface area contributed by atoms with Gasteiger partial charge in [0, 0.05) is 0 Å². The van der Waals surface area contributed by atoms with E-state index in [1.54, 1.807) is 0 Å². The molecule has 32 valence electrons. The van der Waals surface area contributed by atoms with Crippen LogP contribution < -0.4 is 0 Å². The Morgan fingerprint density at radius 3 is 1.20 bits per heavy atom. The lowest BCUT2D eigenvalue weighted by Crippen LogP contribution is -1.68. The third-order valence-electron chi connectivity index (χ3n) is 0. The highest BCUT2D eigenvalue weighted by Gasteiger charge is 2.22. The van der Waals surface area contributed by atoms with Crippen molar-refractivity contribution in [3.63, 3.8) is 0 Å². The van der Waals surface area contributed by atoms with E-state index in [4.69, 9.17) is 14.7 Å². The second kappa shape index (κ2) is 1.66. The standard InChI is InChI=1S/H3IO3P/c1-5(2,3)4/h2-4H/q+1. The Morgan fingerprint density at radius 2 is 1.20 bits per heavy atom. The minimum absolute atomic E-state index is 1.16. The normalized spacial score (nSPS) is 12.0. The Hall–Kier alpha value is 1.04. The molecular formula is H3IO3P+. The molecule has 0 unspecified atom stereocenters. The summed E-state index contributed by atoms with van der Waals surface area (Å²) < 4.78 is 0. The van der Waals surface area contributed by atoms with Crippen molar-refractivity contribution in [2.45, 2.75) is 0 Å². The van der Waals surface area contributed by atoms with Gasteiger partial charge in [-0.15, -0.1) is 0 Å². The predicted octanol–water partition coefficient (Wildman–Crippen LogP) is 0.0759. The van der Waals surface area contributed by atoms with Gasteiger partial charge in [0.15, 0.2) is 0 Å². The summed E-state index contributed by atoms with van der Waals surface area (Å²) in [5.41, 5.74) is -3.42. The molecule has 3 N–H and O–H groups in total. The SMILES string of the molecule is O[P+](O)(O)I. The Balaban J connectivity index is 3.02. The van der Waals surface area contributed by atoms with E-state index in [2.05, 4.69) is 0 Å². The van der Waals surface area contributed by atoms with Gasteiger partial charge in [0.2, 0.25) is 0 Å². The van der Waals surface area contributed by atoms with Crippen LogP contribution in [0.2, 0.25) is 0 Å². The molecule has 0 aromatic heterocycles. The molecule has 0 atom stereocenters. The van der Waals surface area contributed by atoms with E-state index in [-0.39, 0.29) is 0 Å². The highest BCUT2D eigenvalue weighted by atomic mass is 127. The first-order chi connectivity index (χ1) is 2.00. The van der Waals surface area contributed by atoms with Gasteiger partial charge in [0.05, 0.1) is 0 Å². The van der Waals surface area contributed by atoms with Crippen molar-refractivity contribution in [3.8, 4) is 0 Å². The molecule has 0 saturated heterocycles. The van der Waals surface area contributed by atoms with Crippen molar-refractivity contribution in [2.75, 3.05) is 0 Å². The molecule has 5 heteroatoms. The van der Waals surface area contributed by atoms with Crippen molar-refractivity contribution in [1.82, 2.24) is 0 Å². The minimum Gasteiger partial charge on any atom is -0.186 e. The summed E-state index contributed by atoms with van der Waals surface area (Å²) in [7, 11) is 0. The topological polar surface area (TPSA) is 60.7 Å². The smallest absolute Gasteiger partial charge is 0.186 e. The quantitative estimate of drug-likeness (QED) is 0.391. The lowest BCUT2D eigenvalue weighted by Gasteiger charge is -1.83. The van der Waals surface area contributed by atoms with E-state index < -0.39 is 5.59 Å². The maximum Gasteiger partial charge on any atom is 0.468 e. The second-order valence-electron chi connectivity index (χ2n) is 0.495. The molecule has 0 aliphatic rings. The van der Waals surface area contributed by atoms with Gasteiger partial charge in [-0.2, -0.15) is 14.7 Å². The van der Waals surface area contributed by atoms with Crippen molar-refractivity contribution < 1.29 is 14.7 Å². The average Bonchev–Trinajstić information content (AvgIpc) is 0.722. The van der Waals surface area contributed by atoms with Gasteiger partial charge < -0.3 is 0 Å². The average molecular weight is 209 g/mol. The molecule has 0 saturated carbocycles. The minimum atomic E-state index is -3.42. The summed E-state index contributed by atoms with van der Waals surface area (Å²) in [4.78, 5) is 23.2. The third-order valence-corrected chi connectivity index (χ3v) is 0. The Morgan fingerprint density at radius 1 is 1.20 bits per heavy atom. The van der Waals surface area contributed by atoms with Crippen molar-refractivity contribution in [3.05, 3.63) is 0 Å². The summed E-state index contributed by atoms with van der Waals surface area (Å²) in [6, 6.07) is 0. The summed E-state index contributed by atoms with van der Waals surface area (Å²) in [5.74, 6) is 0. The molecule has 3 nitrogen and oxygen atoms in total. The Kier molecular flexibility index (Phi) is 2.01. The zero-order chi connectivity index (χ0) is 4.50. The highest BCUT2D eigenvalue weighted by Crippen LogP contribution is 2.53. The molecule has 0 spiro atoms. The van der Waals surface area contributed by atoms with Crippen LogP contribution in [0.1, 0.15) is 0 Å². The fourth-order valence-electron chi connectivity index (χ4n) is 0. The predicted molar refractivity (Wildman–Crippen MR) is 27.6 cm³/mol. The zero-order valence-corrected chi connectivity index (χ0v) is 5.22.